The van der Waals surface area contributed by atoms with Crippen molar-refractivity contribution in [2.75, 3.05) is 31.1 Å². The van der Waals surface area contributed by atoms with Gasteiger partial charge in [0.25, 0.3) is 5.69 Å². The molecule has 5 heteroatoms. The van der Waals surface area contributed by atoms with E-state index in [0.717, 1.165) is 43.9 Å². The highest BCUT2D eigenvalue weighted by Crippen LogP contribution is 2.29. The molecule has 1 aromatic carbocycles. The molecule has 0 radical (unpaired) electrons. The first-order chi connectivity index (χ1) is 10.1. The summed E-state index contributed by atoms with van der Waals surface area (Å²) in [5.74, 6) is 0.629. The zero-order valence-electron chi connectivity index (χ0n) is 13.0. The zero-order valence-corrected chi connectivity index (χ0v) is 13.0. The summed E-state index contributed by atoms with van der Waals surface area (Å²) in [5.41, 5.74) is 2.01. The van der Waals surface area contributed by atoms with Crippen molar-refractivity contribution in [2.45, 2.75) is 33.1 Å². The van der Waals surface area contributed by atoms with Crippen molar-refractivity contribution in [1.29, 1.82) is 0 Å². The molecule has 21 heavy (non-hydrogen) atoms. The third-order valence-corrected chi connectivity index (χ3v) is 4.19. The molecule has 1 atom stereocenters. The minimum absolute atomic E-state index is 0.218. The zero-order chi connectivity index (χ0) is 15.2. The van der Waals surface area contributed by atoms with E-state index >= 15 is 0 Å². The molecule has 0 aromatic heterocycles. The molecule has 1 aliphatic rings. The van der Waals surface area contributed by atoms with Gasteiger partial charge in [-0.15, -0.1) is 0 Å². The lowest BCUT2D eigenvalue weighted by molar-refractivity contribution is -0.385. The van der Waals surface area contributed by atoms with Gasteiger partial charge >= 0.3 is 0 Å². The quantitative estimate of drug-likeness (QED) is 0.646. The number of anilines is 1. The van der Waals surface area contributed by atoms with Crippen LogP contribution in [0, 0.1) is 23.0 Å². The molecule has 2 rings (SSSR count). The monoisotopic (exact) mass is 291 g/mol. The summed E-state index contributed by atoms with van der Waals surface area (Å²) in [6.45, 7) is 8.09. The maximum Gasteiger partial charge on any atom is 0.274 e. The van der Waals surface area contributed by atoms with Crippen LogP contribution in [0.3, 0.4) is 0 Å². The summed E-state index contributed by atoms with van der Waals surface area (Å²) in [6.07, 6.45) is 3.50. The third-order valence-electron chi connectivity index (χ3n) is 4.19. The fraction of sp³-hybridized carbons (Fsp3) is 0.625. The van der Waals surface area contributed by atoms with Crippen molar-refractivity contribution in [3.63, 3.8) is 0 Å². The Morgan fingerprint density at radius 2 is 2.29 bits per heavy atom. The van der Waals surface area contributed by atoms with E-state index in [1.807, 2.05) is 13.0 Å². The highest BCUT2D eigenvalue weighted by Gasteiger charge is 2.21. The van der Waals surface area contributed by atoms with Gasteiger partial charge in [0, 0.05) is 24.8 Å². The van der Waals surface area contributed by atoms with E-state index in [9.17, 15) is 10.1 Å². The molecule has 116 valence electrons. The van der Waals surface area contributed by atoms with Crippen LogP contribution in [0.25, 0.3) is 0 Å². The van der Waals surface area contributed by atoms with Gasteiger partial charge in [0.2, 0.25) is 0 Å². The van der Waals surface area contributed by atoms with E-state index in [2.05, 4.69) is 17.1 Å². The minimum Gasteiger partial charge on any atom is -0.371 e. The van der Waals surface area contributed by atoms with E-state index in [1.54, 1.807) is 12.1 Å². The Labute approximate surface area is 126 Å². The Morgan fingerprint density at radius 3 is 2.90 bits per heavy atom. The molecule has 1 saturated heterocycles. The molecule has 1 heterocycles. The second-order valence-corrected chi connectivity index (χ2v) is 5.84. The normalized spacial score (nSPS) is 18.5. The molecule has 0 spiro atoms. The summed E-state index contributed by atoms with van der Waals surface area (Å²) in [5, 5.41) is 14.6. The van der Waals surface area contributed by atoms with Crippen LogP contribution in [0.4, 0.5) is 11.4 Å². The van der Waals surface area contributed by atoms with Crippen LogP contribution in [-0.2, 0) is 0 Å². The van der Waals surface area contributed by atoms with Crippen LogP contribution < -0.4 is 10.2 Å². The SMILES string of the molecule is CCCN(CC1CCCNC1)c1cccc([N+](=O)[O-])c1C. The van der Waals surface area contributed by atoms with Gasteiger partial charge in [0.05, 0.1) is 10.5 Å². The number of rotatable bonds is 6. The number of nitro groups is 1. The molecule has 1 aromatic rings. The summed E-state index contributed by atoms with van der Waals surface area (Å²) in [4.78, 5) is 13.2. The van der Waals surface area contributed by atoms with Crippen LogP contribution >= 0.6 is 0 Å². The van der Waals surface area contributed by atoms with Gasteiger partial charge in [-0.2, -0.15) is 0 Å². The first kappa shape index (κ1) is 15.8. The Morgan fingerprint density at radius 1 is 1.48 bits per heavy atom. The smallest absolute Gasteiger partial charge is 0.274 e. The average Bonchev–Trinajstić information content (AvgIpc) is 2.48. The van der Waals surface area contributed by atoms with Gasteiger partial charge in [-0.25, -0.2) is 0 Å². The van der Waals surface area contributed by atoms with Crippen LogP contribution in [-0.4, -0.2) is 31.1 Å². The molecule has 0 saturated carbocycles. The topological polar surface area (TPSA) is 58.4 Å². The van der Waals surface area contributed by atoms with Crippen LogP contribution in [0.2, 0.25) is 0 Å². The fourth-order valence-electron chi connectivity index (χ4n) is 3.12. The summed E-state index contributed by atoms with van der Waals surface area (Å²) < 4.78 is 0. The molecule has 1 N–H and O–H groups in total. The second kappa shape index (κ2) is 7.41. The van der Waals surface area contributed by atoms with Gasteiger partial charge in [0.1, 0.15) is 0 Å². The maximum atomic E-state index is 11.1. The highest BCUT2D eigenvalue weighted by atomic mass is 16.6. The molecule has 0 bridgehead atoms. The van der Waals surface area contributed by atoms with Gasteiger partial charge in [-0.1, -0.05) is 13.0 Å². The van der Waals surface area contributed by atoms with E-state index in [4.69, 9.17) is 0 Å². The van der Waals surface area contributed by atoms with Crippen molar-refractivity contribution < 1.29 is 4.92 Å². The van der Waals surface area contributed by atoms with Crippen LogP contribution in [0.5, 0.6) is 0 Å². The van der Waals surface area contributed by atoms with Crippen molar-refractivity contribution in [3.05, 3.63) is 33.9 Å². The van der Waals surface area contributed by atoms with Crippen molar-refractivity contribution >= 4 is 11.4 Å². The Kier molecular flexibility index (Phi) is 5.56. The standard InChI is InChI=1S/C16H25N3O2/c1-3-10-18(12-14-6-5-9-17-11-14)15-7-4-8-16(13(15)2)19(20)21/h4,7-8,14,17H,3,5-6,9-12H2,1-2H3. The highest BCUT2D eigenvalue weighted by molar-refractivity contribution is 5.61. The van der Waals surface area contributed by atoms with E-state index in [0.29, 0.717) is 5.92 Å². The largest absolute Gasteiger partial charge is 0.371 e. The maximum absolute atomic E-state index is 11.1. The van der Waals surface area contributed by atoms with Gasteiger partial charge in [-0.3, -0.25) is 10.1 Å². The number of benzene rings is 1. The van der Waals surface area contributed by atoms with E-state index < -0.39 is 0 Å². The number of hydrogen-bond donors (Lipinski definition) is 1. The first-order valence-corrected chi connectivity index (χ1v) is 7.83. The number of nitrogens with zero attached hydrogens (tertiary/aromatic N) is 2. The predicted octanol–water partition coefficient (Wildman–Crippen LogP) is 3.12. The first-order valence-electron chi connectivity index (χ1n) is 7.83. The van der Waals surface area contributed by atoms with Gasteiger partial charge in [-0.05, 0) is 51.3 Å². The van der Waals surface area contributed by atoms with Crippen LogP contribution in [0.15, 0.2) is 18.2 Å². The molecule has 1 unspecified atom stereocenters. The molecule has 1 aliphatic heterocycles. The number of nitrogens with one attached hydrogen (secondary N) is 1. The van der Waals surface area contributed by atoms with E-state index in [-0.39, 0.29) is 10.6 Å². The Bertz CT molecular complexity index is 484. The second-order valence-electron chi connectivity index (χ2n) is 5.84. The van der Waals surface area contributed by atoms with Crippen LogP contribution in [0.1, 0.15) is 31.7 Å². The number of piperidine rings is 1. The Hall–Kier alpha value is -1.62. The van der Waals surface area contributed by atoms with Gasteiger partial charge in [0.15, 0.2) is 0 Å². The number of hydrogen-bond acceptors (Lipinski definition) is 4. The lowest BCUT2D eigenvalue weighted by atomic mass is 9.98. The lowest BCUT2D eigenvalue weighted by Gasteiger charge is -2.32. The molecule has 1 fully saturated rings. The summed E-state index contributed by atoms with van der Waals surface area (Å²) in [6, 6.07) is 5.39. The van der Waals surface area contributed by atoms with E-state index in [1.165, 1.54) is 12.8 Å². The Balaban J connectivity index is 2.20. The third kappa shape index (κ3) is 3.94. The molecular weight excluding hydrogens is 266 g/mol. The minimum atomic E-state index is -0.287. The fourth-order valence-corrected chi connectivity index (χ4v) is 3.12. The lowest BCUT2D eigenvalue weighted by Crippen LogP contribution is -2.39. The van der Waals surface area contributed by atoms with Gasteiger partial charge < -0.3 is 10.2 Å². The van der Waals surface area contributed by atoms with Crippen molar-refractivity contribution in [1.82, 2.24) is 5.32 Å². The molecule has 5 nitrogen and oxygen atoms in total. The molecule has 0 aliphatic carbocycles. The van der Waals surface area contributed by atoms with Crippen molar-refractivity contribution in [3.8, 4) is 0 Å². The number of nitro benzene ring substituents is 1. The predicted molar refractivity (Wildman–Crippen MR) is 85.9 cm³/mol. The van der Waals surface area contributed by atoms with Crippen molar-refractivity contribution in [2.24, 2.45) is 5.92 Å². The molecular formula is C16H25N3O2. The molecule has 0 amide bonds. The summed E-state index contributed by atoms with van der Waals surface area (Å²) in [7, 11) is 0. The average molecular weight is 291 g/mol. The summed E-state index contributed by atoms with van der Waals surface area (Å²) >= 11 is 0.